The fourth-order valence-corrected chi connectivity index (χ4v) is 2.54. The van der Waals surface area contributed by atoms with Gasteiger partial charge in [-0.3, -0.25) is 0 Å². The summed E-state index contributed by atoms with van der Waals surface area (Å²) in [7, 11) is 3.88. The number of rotatable bonds is 9. The standard InChI is InChI=1S/C14H29NO3/c1-6-8-9-12(14(17)18)11(3)10-15(4,5)13(16)7-2/h11-13,16H,6-10H2,1-5H3. The van der Waals surface area contributed by atoms with E-state index in [1.54, 1.807) is 0 Å². The first-order chi connectivity index (χ1) is 8.26. The van der Waals surface area contributed by atoms with Crippen molar-refractivity contribution in [1.29, 1.82) is 0 Å². The normalized spacial score (nSPS) is 17.2. The summed E-state index contributed by atoms with van der Waals surface area (Å²) in [4.78, 5) is 11.2. The third kappa shape index (κ3) is 5.36. The first kappa shape index (κ1) is 17.4. The number of quaternary nitrogens is 1. The molecular weight excluding hydrogens is 230 g/mol. The lowest BCUT2D eigenvalue weighted by Crippen LogP contribution is -2.53. The van der Waals surface area contributed by atoms with Crippen molar-refractivity contribution in [2.75, 3.05) is 20.6 Å². The molecule has 0 fully saturated rings. The van der Waals surface area contributed by atoms with Crippen molar-refractivity contribution in [2.45, 2.75) is 52.7 Å². The molecule has 3 atom stereocenters. The molecule has 0 rings (SSSR count). The van der Waals surface area contributed by atoms with Crippen LogP contribution in [0.3, 0.4) is 0 Å². The summed E-state index contributed by atoms with van der Waals surface area (Å²) in [5, 5.41) is 21.1. The molecule has 1 N–H and O–H groups in total. The van der Waals surface area contributed by atoms with Crippen LogP contribution >= 0.6 is 0 Å². The second-order valence-electron chi connectivity index (χ2n) is 5.90. The topological polar surface area (TPSA) is 60.4 Å². The predicted molar refractivity (Wildman–Crippen MR) is 70.5 cm³/mol. The molecule has 0 aliphatic carbocycles. The Morgan fingerprint density at radius 2 is 1.89 bits per heavy atom. The summed E-state index contributed by atoms with van der Waals surface area (Å²) in [6.07, 6.45) is 2.80. The molecule has 0 aromatic rings. The Balaban J connectivity index is 4.58. The first-order valence-electron chi connectivity index (χ1n) is 6.97. The van der Waals surface area contributed by atoms with Crippen LogP contribution < -0.4 is 5.11 Å². The number of carboxylic acid groups (broad SMARTS) is 1. The lowest BCUT2D eigenvalue weighted by molar-refractivity contribution is -0.940. The highest BCUT2D eigenvalue weighted by Gasteiger charge is 2.30. The molecule has 0 bridgehead atoms. The number of aliphatic hydroxyl groups excluding tert-OH is 1. The molecule has 0 aromatic heterocycles. The van der Waals surface area contributed by atoms with Crippen molar-refractivity contribution in [3.05, 3.63) is 0 Å². The average Bonchev–Trinajstić information content (AvgIpc) is 2.27. The quantitative estimate of drug-likeness (QED) is 0.496. The highest BCUT2D eigenvalue weighted by atomic mass is 16.4. The predicted octanol–water partition coefficient (Wildman–Crippen LogP) is 0.984. The Bertz CT molecular complexity index is 253. The van der Waals surface area contributed by atoms with Crippen molar-refractivity contribution in [3.63, 3.8) is 0 Å². The van der Waals surface area contributed by atoms with Gasteiger partial charge in [0.25, 0.3) is 0 Å². The van der Waals surface area contributed by atoms with Crippen LogP contribution in [0.5, 0.6) is 0 Å². The second kappa shape index (κ2) is 7.74. The Hall–Kier alpha value is -0.610. The third-order valence-electron chi connectivity index (χ3n) is 3.79. The van der Waals surface area contributed by atoms with Crippen molar-refractivity contribution >= 4 is 5.97 Å². The molecule has 0 spiro atoms. The maximum atomic E-state index is 11.2. The van der Waals surface area contributed by atoms with Crippen LogP contribution in [0.15, 0.2) is 0 Å². The summed E-state index contributed by atoms with van der Waals surface area (Å²) < 4.78 is 0.438. The summed E-state index contributed by atoms with van der Waals surface area (Å²) in [5.41, 5.74) is 0. The number of hydrogen-bond donors (Lipinski definition) is 1. The van der Waals surface area contributed by atoms with E-state index >= 15 is 0 Å². The van der Waals surface area contributed by atoms with Crippen molar-refractivity contribution in [3.8, 4) is 0 Å². The molecular formula is C14H29NO3. The molecule has 0 aliphatic heterocycles. The van der Waals surface area contributed by atoms with E-state index in [0.29, 0.717) is 23.9 Å². The molecule has 108 valence electrons. The van der Waals surface area contributed by atoms with Crippen molar-refractivity contribution in [1.82, 2.24) is 0 Å². The van der Waals surface area contributed by atoms with E-state index in [2.05, 4.69) is 6.92 Å². The third-order valence-corrected chi connectivity index (χ3v) is 3.79. The van der Waals surface area contributed by atoms with Gasteiger partial charge in [0.05, 0.1) is 20.6 Å². The van der Waals surface area contributed by atoms with Crippen LogP contribution in [0.1, 0.15) is 46.5 Å². The van der Waals surface area contributed by atoms with Gasteiger partial charge in [-0.2, -0.15) is 0 Å². The molecule has 18 heavy (non-hydrogen) atoms. The first-order valence-corrected chi connectivity index (χ1v) is 6.97. The van der Waals surface area contributed by atoms with Gasteiger partial charge in [0.2, 0.25) is 0 Å². The van der Waals surface area contributed by atoms with Crippen LogP contribution in [-0.4, -0.2) is 42.4 Å². The van der Waals surface area contributed by atoms with Crippen LogP contribution in [-0.2, 0) is 4.79 Å². The molecule has 0 aromatic carbocycles. The van der Waals surface area contributed by atoms with Crippen LogP contribution in [0.2, 0.25) is 0 Å². The van der Waals surface area contributed by atoms with Gasteiger partial charge >= 0.3 is 0 Å². The average molecular weight is 259 g/mol. The fourth-order valence-electron chi connectivity index (χ4n) is 2.54. The summed E-state index contributed by atoms with van der Waals surface area (Å²) >= 11 is 0. The number of carboxylic acids is 1. The SMILES string of the molecule is CCCCC(C(=O)[O-])C(C)C[N+](C)(C)C(O)CC. The van der Waals surface area contributed by atoms with E-state index in [1.807, 2.05) is 27.9 Å². The molecule has 0 saturated heterocycles. The monoisotopic (exact) mass is 259 g/mol. The lowest BCUT2D eigenvalue weighted by atomic mass is 9.88. The Labute approximate surface area is 111 Å². The van der Waals surface area contributed by atoms with Gasteiger partial charge in [0.1, 0.15) is 0 Å². The van der Waals surface area contributed by atoms with Gasteiger partial charge in [0, 0.05) is 24.2 Å². The molecule has 3 unspecified atom stereocenters. The second-order valence-corrected chi connectivity index (χ2v) is 5.90. The molecule has 0 heterocycles. The van der Waals surface area contributed by atoms with E-state index in [0.717, 1.165) is 12.8 Å². The number of carbonyl (C=O) groups is 1. The largest absolute Gasteiger partial charge is 0.550 e. The van der Waals surface area contributed by atoms with E-state index in [4.69, 9.17) is 0 Å². The molecule has 0 radical (unpaired) electrons. The minimum atomic E-state index is -0.957. The number of carbonyl (C=O) groups excluding carboxylic acids is 1. The van der Waals surface area contributed by atoms with Crippen molar-refractivity contribution in [2.24, 2.45) is 11.8 Å². The van der Waals surface area contributed by atoms with Crippen LogP contribution in [0, 0.1) is 11.8 Å². The Morgan fingerprint density at radius 3 is 2.28 bits per heavy atom. The smallest absolute Gasteiger partial charge is 0.189 e. The number of aliphatic carboxylic acids is 1. The molecule has 0 aliphatic rings. The Morgan fingerprint density at radius 1 is 1.33 bits per heavy atom. The minimum absolute atomic E-state index is 0.0118. The Kier molecular flexibility index (Phi) is 7.48. The zero-order chi connectivity index (χ0) is 14.3. The molecule has 0 saturated carbocycles. The lowest BCUT2D eigenvalue weighted by Gasteiger charge is -2.38. The number of unbranched alkanes of at least 4 members (excludes halogenated alkanes) is 1. The van der Waals surface area contributed by atoms with E-state index < -0.39 is 18.1 Å². The zero-order valence-corrected chi connectivity index (χ0v) is 12.5. The van der Waals surface area contributed by atoms with Gasteiger partial charge in [0.15, 0.2) is 6.23 Å². The van der Waals surface area contributed by atoms with Crippen LogP contribution in [0.4, 0.5) is 0 Å². The van der Waals surface area contributed by atoms with Gasteiger partial charge < -0.3 is 19.5 Å². The van der Waals surface area contributed by atoms with Gasteiger partial charge in [-0.05, 0) is 6.42 Å². The maximum Gasteiger partial charge on any atom is 0.189 e. The maximum absolute atomic E-state index is 11.2. The number of nitrogens with zero attached hydrogens (tertiary/aromatic N) is 1. The fraction of sp³-hybridized carbons (Fsp3) is 0.929. The number of hydrogen-bond acceptors (Lipinski definition) is 3. The van der Waals surface area contributed by atoms with Crippen molar-refractivity contribution < 1.29 is 19.5 Å². The van der Waals surface area contributed by atoms with Gasteiger partial charge in [-0.1, -0.05) is 33.6 Å². The molecule has 4 heteroatoms. The number of aliphatic hydroxyl groups is 1. The van der Waals surface area contributed by atoms with Gasteiger partial charge in [-0.15, -0.1) is 0 Å². The van der Waals surface area contributed by atoms with E-state index in [1.165, 1.54) is 0 Å². The summed E-state index contributed by atoms with van der Waals surface area (Å²) in [5.74, 6) is -1.36. The van der Waals surface area contributed by atoms with E-state index in [9.17, 15) is 15.0 Å². The zero-order valence-electron chi connectivity index (χ0n) is 12.5. The van der Waals surface area contributed by atoms with Crippen LogP contribution in [0.25, 0.3) is 0 Å². The summed E-state index contributed by atoms with van der Waals surface area (Å²) in [6, 6.07) is 0. The highest BCUT2D eigenvalue weighted by Crippen LogP contribution is 2.22. The highest BCUT2D eigenvalue weighted by molar-refractivity contribution is 5.67. The minimum Gasteiger partial charge on any atom is -0.550 e. The summed E-state index contributed by atoms with van der Waals surface area (Å²) in [6.45, 7) is 6.58. The van der Waals surface area contributed by atoms with E-state index in [-0.39, 0.29) is 5.92 Å². The molecule has 4 nitrogen and oxygen atoms in total. The molecule has 0 amide bonds. The van der Waals surface area contributed by atoms with Gasteiger partial charge in [-0.25, -0.2) is 0 Å².